The standard InChI is InChI=1S/C13H9F2N3O2/c14-10-9(4-5-17-11(10)15)13(20)18-8-3-1-2-7(6-8)12(16)19/h1-6H,(H2,16,19)(H,18,20). The van der Waals surface area contributed by atoms with Gasteiger partial charge in [0.1, 0.15) is 0 Å². The third-order valence-corrected chi connectivity index (χ3v) is 2.50. The van der Waals surface area contributed by atoms with Gasteiger partial charge in [-0.1, -0.05) is 6.07 Å². The monoisotopic (exact) mass is 277 g/mol. The SMILES string of the molecule is NC(=O)c1cccc(NC(=O)c2ccnc(F)c2F)c1. The number of hydrogen-bond donors (Lipinski definition) is 2. The van der Waals surface area contributed by atoms with Crippen LogP contribution in [0.5, 0.6) is 0 Å². The number of carbonyl (C=O) groups excluding carboxylic acids is 2. The summed E-state index contributed by atoms with van der Waals surface area (Å²) in [5, 5.41) is 2.34. The Hall–Kier alpha value is -2.83. The number of halogens is 2. The van der Waals surface area contributed by atoms with Crippen LogP contribution in [0.1, 0.15) is 20.7 Å². The number of pyridine rings is 1. The van der Waals surface area contributed by atoms with Crippen LogP contribution in [0.25, 0.3) is 0 Å². The first kappa shape index (κ1) is 13.6. The lowest BCUT2D eigenvalue weighted by Crippen LogP contribution is -2.16. The van der Waals surface area contributed by atoms with Gasteiger partial charge in [-0.15, -0.1) is 0 Å². The number of hydrogen-bond acceptors (Lipinski definition) is 3. The van der Waals surface area contributed by atoms with Crippen molar-refractivity contribution in [1.29, 1.82) is 0 Å². The lowest BCUT2D eigenvalue weighted by Gasteiger charge is -2.07. The van der Waals surface area contributed by atoms with Gasteiger partial charge >= 0.3 is 0 Å². The molecule has 0 saturated heterocycles. The van der Waals surface area contributed by atoms with Crippen LogP contribution in [0, 0.1) is 11.8 Å². The van der Waals surface area contributed by atoms with E-state index in [9.17, 15) is 18.4 Å². The maximum Gasteiger partial charge on any atom is 0.258 e. The number of benzene rings is 1. The first-order valence-electron chi connectivity index (χ1n) is 5.50. The average molecular weight is 277 g/mol. The molecule has 0 unspecified atom stereocenters. The zero-order chi connectivity index (χ0) is 14.7. The highest BCUT2D eigenvalue weighted by molar-refractivity contribution is 6.05. The third-order valence-electron chi connectivity index (χ3n) is 2.50. The van der Waals surface area contributed by atoms with Crippen molar-refractivity contribution in [3.05, 3.63) is 59.4 Å². The summed E-state index contributed by atoms with van der Waals surface area (Å²) in [5.41, 5.74) is 5.04. The minimum absolute atomic E-state index is 0.184. The van der Waals surface area contributed by atoms with Gasteiger partial charge in [-0.05, 0) is 24.3 Å². The highest BCUT2D eigenvalue weighted by Crippen LogP contribution is 2.14. The van der Waals surface area contributed by atoms with Gasteiger partial charge in [-0.2, -0.15) is 4.39 Å². The van der Waals surface area contributed by atoms with E-state index in [1.807, 2.05) is 0 Å². The molecule has 1 aromatic heterocycles. The Morgan fingerprint density at radius 3 is 2.65 bits per heavy atom. The van der Waals surface area contributed by atoms with Gasteiger partial charge in [-0.25, -0.2) is 9.37 Å². The molecule has 0 spiro atoms. The van der Waals surface area contributed by atoms with Crippen LogP contribution in [0.15, 0.2) is 36.5 Å². The predicted octanol–water partition coefficient (Wildman–Crippen LogP) is 1.71. The second-order valence-electron chi connectivity index (χ2n) is 3.86. The summed E-state index contributed by atoms with van der Waals surface area (Å²) in [5.74, 6) is -4.22. The van der Waals surface area contributed by atoms with E-state index in [-0.39, 0.29) is 11.3 Å². The smallest absolute Gasteiger partial charge is 0.258 e. The van der Waals surface area contributed by atoms with E-state index in [1.165, 1.54) is 24.3 Å². The average Bonchev–Trinajstić information content (AvgIpc) is 2.42. The van der Waals surface area contributed by atoms with Gasteiger partial charge in [-0.3, -0.25) is 9.59 Å². The van der Waals surface area contributed by atoms with Crippen LogP contribution in [0.4, 0.5) is 14.5 Å². The van der Waals surface area contributed by atoms with Crippen molar-refractivity contribution < 1.29 is 18.4 Å². The van der Waals surface area contributed by atoms with Crippen LogP contribution in [-0.2, 0) is 0 Å². The van der Waals surface area contributed by atoms with E-state index < -0.39 is 29.1 Å². The lowest BCUT2D eigenvalue weighted by atomic mass is 10.2. The molecule has 0 aliphatic heterocycles. The summed E-state index contributed by atoms with van der Waals surface area (Å²) >= 11 is 0. The fraction of sp³-hybridized carbons (Fsp3) is 0. The van der Waals surface area contributed by atoms with Crippen molar-refractivity contribution >= 4 is 17.5 Å². The number of carbonyl (C=O) groups is 2. The van der Waals surface area contributed by atoms with Crippen molar-refractivity contribution in [2.24, 2.45) is 5.73 Å². The molecule has 0 aliphatic carbocycles. The summed E-state index contributed by atoms with van der Waals surface area (Å²) in [7, 11) is 0. The molecule has 0 saturated carbocycles. The first-order valence-corrected chi connectivity index (χ1v) is 5.50. The minimum Gasteiger partial charge on any atom is -0.366 e. The highest BCUT2D eigenvalue weighted by atomic mass is 19.2. The van der Waals surface area contributed by atoms with Crippen molar-refractivity contribution in [2.75, 3.05) is 5.32 Å². The maximum absolute atomic E-state index is 13.4. The summed E-state index contributed by atoms with van der Waals surface area (Å²) in [6.07, 6.45) is 0.979. The Balaban J connectivity index is 2.26. The van der Waals surface area contributed by atoms with Gasteiger partial charge in [0.2, 0.25) is 11.9 Å². The quantitative estimate of drug-likeness (QED) is 0.837. The molecule has 102 valence electrons. The summed E-state index contributed by atoms with van der Waals surface area (Å²) < 4.78 is 26.3. The molecule has 5 nitrogen and oxygen atoms in total. The van der Waals surface area contributed by atoms with Gasteiger partial charge in [0.05, 0.1) is 5.56 Å². The second kappa shape index (κ2) is 5.43. The fourth-order valence-electron chi connectivity index (χ4n) is 1.54. The van der Waals surface area contributed by atoms with Crippen molar-refractivity contribution in [2.45, 2.75) is 0 Å². The Bertz CT molecular complexity index is 689. The van der Waals surface area contributed by atoms with Crippen LogP contribution in [0.3, 0.4) is 0 Å². The number of nitrogens with two attached hydrogens (primary N) is 1. The molecule has 2 aromatic rings. The van der Waals surface area contributed by atoms with E-state index in [1.54, 1.807) is 0 Å². The molecule has 3 N–H and O–H groups in total. The van der Waals surface area contributed by atoms with Crippen molar-refractivity contribution in [1.82, 2.24) is 4.98 Å². The molecule has 20 heavy (non-hydrogen) atoms. The molecular weight excluding hydrogens is 268 g/mol. The molecule has 0 radical (unpaired) electrons. The van der Waals surface area contributed by atoms with Crippen molar-refractivity contribution in [3.63, 3.8) is 0 Å². The second-order valence-corrected chi connectivity index (χ2v) is 3.86. The van der Waals surface area contributed by atoms with Crippen LogP contribution < -0.4 is 11.1 Å². The molecule has 0 fully saturated rings. The number of anilines is 1. The molecule has 0 bridgehead atoms. The normalized spacial score (nSPS) is 10.1. The van der Waals surface area contributed by atoms with Gasteiger partial charge in [0.25, 0.3) is 5.91 Å². The van der Waals surface area contributed by atoms with Crippen LogP contribution in [-0.4, -0.2) is 16.8 Å². The topological polar surface area (TPSA) is 85.1 Å². The summed E-state index contributed by atoms with van der Waals surface area (Å²) in [6, 6.07) is 6.82. The van der Waals surface area contributed by atoms with E-state index >= 15 is 0 Å². The molecule has 0 aliphatic rings. The maximum atomic E-state index is 13.4. The number of amides is 2. The van der Waals surface area contributed by atoms with Gasteiger partial charge in [0.15, 0.2) is 5.82 Å². The number of nitrogens with zero attached hydrogens (tertiary/aromatic N) is 1. The van der Waals surface area contributed by atoms with E-state index in [2.05, 4.69) is 10.3 Å². The van der Waals surface area contributed by atoms with Gasteiger partial charge < -0.3 is 11.1 Å². The predicted molar refractivity (Wildman–Crippen MR) is 67.1 cm³/mol. The molecule has 2 rings (SSSR count). The largest absolute Gasteiger partial charge is 0.366 e. The molecule has 7 heteroatoms. The first-order chi connectivity index (χ1) is 9.49. The minimum atomic E-state index is -1.36. The number of aromatic nitrogens is 1. The zero-order valence-electron chi connectivity index (χ0n) is 10.1. The summed E-state index contributed by atoms with van der Waals surface area (Å²) in [4.78, 5) is 25.9. The molecular formula is C13H9F2N3O2. The Morgan fingerprint density at radius 2 is 1.95 bits per heavy atom. The summed E-state index contributed by atoms with van der Waals surface area (Å²) in [6.45, 7) is 0. The third kappa shape index (κ3) is 2.77. The fourth-order valence-corrected chi connectivity index (χ4v) is 1.54. The van der Waals surface area contributed by atoms with Crippen molar-refractivity contribution in [3.8, 4) is 0 Å². The highest BCUT2D eigenvalue weighted by Gasteiger charge is 2.16. The molecule has 1 aromatic carbocycles. The Labute approximate surface area is 112 Å². The molecule has 0 atom stereocenters. The van der Waals surface area contributed by atoms with E-state index in [0.717, 1.165) is 12.3 Å². The van der Waals surface area contributed by atoms with Gasteiger partial charge in [0, 0.05) is 17.4 Å². The van der Waals surface area contributed by atoms with Crippen LogP contribution in [0.2, 0.25) is 0 Å². The van der Waals surface area contributed by atoms with Crippen LogP contribution >= 0.6 is 0 Å². The zero-order valence-corrected chi connectivity index (χ0v) is 10.1. The van der Waals surface area contributed by atoms with E-state index in [4.69, 9.17) is 5.73 Å². The lowest BCUT2D eigenvalue weighted by molar-refractivity contribution is 0.0995. The number of rotatable bonds is 3. The van der Waals surface area contributed by atoms with E-state index in [0.29, 0.717) is 0 Å². The number of primary amides is 1. The number of nitrogens with one attached hydrogen (secondary N) is 1. The molecule has 1 heterocycles. The molecule has 2 amide bonds. The Kier molecular flexibility index (Phi) is 3.69. The Morgan fingerprint density at radius 1 is 1.20 bits per heavy atom.